The average molecular weight is 704 g/mol. The third-order valence-corrected chi connectivity index (χ3v) is 10.9. The molecular formula is C52H33NO2. The molecule has 0 radical (unpaired) electrons. The van der Waals surface area contributed by atoms with E-state index in [0.29, 0.717) is 0 Å². The number of furan rings is 2. The van der Waals surface area contributed by atoms with Gasteiger partial charge in [-0.25, -0.2) is 0 Å². The van der Waals surface area contributed by atoms with E-state index in [2.05, 4.69) is 181 Å². The highest BCUT2D eigenvalue weighted by atomic mass is 16.3. The molecule has 0 amide bonds. The van der Waals surface area contributed by atoms with E-state index < -0.39 is 0 Å². The fourth-order valence-electron chi connectivity index (χ4n) is 8.23. The number of rotatable bonds is 6. The van der Waals surface area contributed by atoms with Crippen LogP contribution in [0.2, 0.25) is 0 Å². The van der Waals surface area contributed by atoms with Crippen molar-refractivity contribution in [3.8, 4) is 33.4 Å². The van der Waals surface area contributed by atoms with Gasteiger partial charge in [0.15, 0.2) is 0 Å². The molecule has 2 heterocycles. The molecule has 0 N–H and O–H groups in total. The Balaban J connectivity index is 1.06. The van der Waals surface area contributed by atoms with E-state index in [4.69, 9.17) is 8.83 Å². The Hall–Kier alpha value is -7.36. The molecule has 11 aromatic rings. The van der Waals surface area contributed by atoms with E-state index in [1.165, 1.54) is 21.9 Å². The third-order valence-electron chi connectivity index (χ3n) is 10.9. The van der Waals surface area contributed by atoms with Gasteiger partial charge in [0, 0.05) is 44.2 Å². The molecule has 2 aromatic heterocycles. The second kappa shape index (κ2) is 12.6. The van der Waals surface area contributed by atoms with Crippen molar-refractivity contribution in [1.82, 2.24) is 0 Å². The summed E-state index contributed by atoms with van der Waals surface area (Å²) in [7, 11) is 0. The molecular weight excluding hydrogens is 671 g/mol. The smallest absolute Gasteiger partial charge is 0.143 e. The average Bonchev–Trinajstić information content (AvgIpc) is 3.82. The number of hydrogen-bond acceptors (Lipinski definition) is 3. The van der Waals surface area contributed by atoms with Gasteiger partial charge in [0.2, 0.25) is 0 Å². The maximum absolute atomic E-state index is 6.49. The third kappa shape index (κ3) is 5.28. The SMILES string of the molecule is c1cc(-c2ccc3oc4ccccc4c3c2)cc(N(c2ccc(-c3cccc4ccccc34)cc2)c2cccc(-c3cccc4c3oc3ccccc34)c2)c1. The van der Waals surface area contributed by atoms with Crippen LogP contribution in [0.15, 0.2) is 209 Å². The molecule has 3 heteroatoms. The van der Waals surface area contributed by atoms with Crippen molar-refractivity contribution in [1.29, 1.82) is 0 Å². The molecule has 55 heavy (non-hydrogen) atoms. The number of para-hydroxylation sites is 3. The Morgan fingerprint density at radius 2 is 0.836 bits per heavy atom. The van der Waals surface area contributed by atoms with E-state index in [1.807, 2.05) is 24.3 Å². The summed E-state index contributed by atoms with van der Waals surface area (Å²) < 4.78 is 12.7. The first-order valence-corrected chi connectivity index (χ1v) is 18.7. The van der Waals surface area contributed by atoms with Crippen molar-refractivity contribution < 1.29 is 8.83 Å². The van der Waals surface area contributed by atoms with Gasteiger partial charge in [-0.3, -0.25) is 0 Å². The summed E-state index contributed by atoms with van der Waals surface area (Å²) >= 11 is 0. The molecule has 0 atom stereocenters. The first-order valence-electron chi connectivity index (χ1n) is 18.7. The quantitative estimate of drug-likeness (QED) is 0.173. The van der Waals surface area contributed by atoms with Crippen molar-refractivity contribution in [2.75, 3.05) is 4.90 Å². The largest absolute Gasteiger partial charge is 0.456 e. The first kappa shape index (κ1) is 31.2. The van der Waals surface area contributed by atoms with Gasteiger partial charge < -0.3 is 13.7 Å². The predicted molar refractivity (Wildman–Crippen MR) is 229 cm³/mol. The van der Waals surface area contributed by atoms with Gasteiger partial charge in [-0.15, -0.1) is 0 Å². The number of hydrogen-bond donors (Lipinski definition) is 0. The summed E-state index contributed by atoms with van der Waals surface area (Å²) in [6.07, 6.45) is 0. The predicted octanol–water partition coefficient (Wildman–Crippen LogP) is 15.1. The molecule has 0 fully saturated rings. The fraction of sp³-hybridized carbons (Fsp3) is 0. The molecule has 258 valence electrons. The summed E-state index contributed by atoms with van der Waals surface area (Å²) in [5, 5.41) is 6.97. The molecule has 0 aliphatic carbocycles. The van der Waals surface area contributed by atoms with Crippen LogP contribution in [0.1, 0.15) is 0 Å². The van der Waals surface area contributed by atoms with E-state index >= 15 is 0 Å². The van der Waals surface area contributed by atoms with Crippen LogP contribution in [0.5, 0.6) is 0 Å². The molecule has 0 bridgehead atoms. The number of anilines is 3. The summed E-state index contributed by atoms with van der Waals surface area (Å²) in [4.78, 5) is 2.35. The standard InChI is InChI=1S/C52H33NO2/c1-2-17-42-34(11-1)12-9-20-43(42)35-25-28-39(29-26-35)53(40-15-7-13-36(31-40)37-27-30-51-48(33-37)46-19-4-5-23-49(46)54-51)41-16-8-14-38(32-41)44-21-10-22-47-45-18-3-6-24-50(45)55-52(44)47/h1-33H. The highest BCUT2D eigenvalue weighted by molar-refractivity contribution is 6.10. The summed E-state index contributed by atoms with van der Waals surface area (Å²) in [6.45, 7) is 0. The fourth-order valence-corrected chi connectivity index (χ4v) is 8.23. The molecule has 3 nitrogen and oxygen atoms in total. The second-order valence-corrected chi connectivity index (χ2v) is 14.1. The van der Waals surface area contributed by atoms with Gasteiger partial charge in [-0.1, -0.05) is 140 Å². The molecule has 0 aliphatic rings. The number of benzene rings is 9. The van der Waals surface area contributed by atoms with Crippen LogP contribution in [-0.4, -0.2) is 0 Å². The maximum atomic E-state index is 6.49. The summed E-state index contributed by atoms with van der Waals surface area (Å²) in [6, 6.07) is 71.1. The molecule has 0 unspecified atom stereocenters. The van der Waals surface area contributed by atoms with E-state index in [9.17, 15) is 0 Å². The van der Waals surface area contributed by atoms with Gasteiger partial charge >= 0.3 is 0 Å². The van der Waals surface area contributed by atoms with E-state index in [-0.39, 0.29) is 0 Å². The highest BCUT2D eigenvalue weighted by Gasteiger charge is 2.18. The molecule has 0 spiro atoms. The minimum Gasteiger partial charge on any atom is -0.456 e. The zero-order chi connectivity index (χ0) is 36.3. The van der Waals surface area contributed by atoms with Crippen LogP contribution in [0.4, 0.5) is 17.1 Å². The highest BCUT2D eigenvalue weighted by Crippen LogP contribution is 2.42. The Morgan fingerprint density at radius 1 is 0.291 bits per heavy atom. The zero-order valence-corrected chi connectivity index (χ0v) is 29.8. The molecule has 0 aliphatic heterocycles. The minimum absolute atomic E-state index is 0.894. The maximum Gasteiger partial charge on any atom is 0.143 e. The second-order valence-electron chi connectivity index (χ2n) is 14.1. The number of fused-ring (bicyclic) bond motifs is 7. The lowest BCUT2D eigenvalue weighted by Gasteiger charge is -2.27. The Kier molecular flexibility index (Phi) is 7.17. The lowest BCUT2D eigenvalue weighted by molar-refractivity contribution is 0.669. The van der Waals surface area contributed by atoms with Gasteiger partial charge in [0.25, 0.3) is 0 Å². The van der Waals surface area contributed by atoms with Gasteiger partial charge in [0.05, 0.1) is 0 Å². The van der Waals surface area contributed by atoms with Crippen LogP contribution in [0.3, 0.4) is 0 Å². The summed E-state index contributed by atoms with van der Waals surface area (Å²) in [5.74, 6) is 0. The Morgan fingerprint density at radius 3 is 1.65 bits per heavy atom. The monoisotopic (exact) mass is 703 g/mol. The van der Waals surface area contributed by atoms with Crippen molar-refractivity contribution in [2.24, 2.45) is 0 Å². The van der Waals surface area contributed by atoms with Crippen LogP contribution < -0.4 is 4.90 Å². The van der Waals surface area contributed by atoms with Crippen LogP contribution in [0.25, 0.3) is 88.0 Å². The van der Waals surface area contributed by atoms with Gasteiger partial charge in [-0.2, -0.15) is 0 Å². The Labute approximate surface area is 317 Å². The van der Waals surface area contributed by atoms with E-state index in [0.717, 1.165) is 83.2 Å². The molecule has 0 saturated carbocycles. The van der Waals surface area contributed by atoms with Crippen molar-refractivity contribution >= 4 is 71.7 Å². The molecule has 11 rings (SSSR count). The lowest BCUT2D eigenvalue weighted by atomic mass is 9.97. The lowest BCUT2D eigenvalue weighted by Crippen LogP contribution is -2.10. The van der Waals surface area contributed by atoms with Crippen molar-refractivity contribution in [3.05, 3.63) is 200 Å². The van der Waals surface area contributed by atoms with Crippen molar-refractivity contribution in [3.63, 3.8) is 0 Å². The normalized spacial score (nSPS) is 11.6. The molecule has 9 aromatic carbocycles. The minimum atomic E-state index is 0.894. The zero-order valence-electron chi connectivity index (χ0n) is 29.8. The summed E-state index contributed by atoms with van der Waals surface area (Å²) in [5.41, 5.74) is 13.6. The first-order chi connectivity index (χ1) is 27.2. The molecule has 0 saturated heterocycles. The van der Waals surface area contributed by atoms with Gasteiger partial charge in [-0.05, 0) is 99.3 Å². The van der Waals surface area contributed by atoms with Crippen molar-refractivity contribution in [2.45, 2.75) is 0 Å². The van der Waals surface area contributed by atoms with Gasteiger partial charge in [0.1, 0.15) is 22.3 Å². The Bertz CT molecular complexity index is 3220. The van der Waals surface area contributed by atoms with E-state index in [1.54, 1.807) is 0 Å². The topological polar surface area (TPSA) is 29.5 Å². The van der Waals surface area contributed by atoms with Crippen LogP contribution in [0, 0.1) is 0 Å². The van der Waals surface area contributed by atoms with Crippen LogP contribution >= 0.6 is 0 Å². The number of nitrogens with zero attached hydrogens (tertiary/aromatic N) is 1. The van der Waals surface area contributed by atoms with Crippen LogP contribution in [-0.2, 0) is 0 Å².